The number of sulfonamides is 1. The second-order valence-electron chi connectivity index (χ2n) is 5.00. The molecule has 0 unspecified atom stereocenters. The van der Waals surface area contributed by atoms with Crippen molar-refractivity contribution in [3.8, 4) is 0 Å². The van der Waals surface area contributed by atoms with Crippen LogP contribution in [0, 0.1) is 27.7 Å². The molecule has 1 aromatic heterocycles. The fraction of sp³-hybridized carbons (Fsp3) is 0.357. The zero-order valence-electron chi connectivity index (χ0n) is 12.4. The van der Waals surface area contributed by atoms with Crippen molar-refractivity contribution in [2.45, 2.75) is 32.6 Å². The maximum atomic E-state index is 12.6. The van der Waals surface area contributed by atoms with E-state index in [4.69, 9.17) is 0 Å². The molecule has 0 atom stereocenters. The van der Waals surface area contributed by atoms with Crippen LogP contribution in [0.5, 0.6) is 0 Å². The van der Waals surface area contributed by atoms with Crippen molar-refractivity contribution >= 4 is 15.7 Å². The number of nitrogens with zero attached hydrogens (tertiary/aromatic N) is 2. The van der Waals surface area contributed by atoms with Crippen molar-refractivity contribution in [3.05, 3.63) is 40.7 Å². The highest BCUT2D eigenvalue weighted by Gasteiger charge is 2.24. The van der Waals surface area contributed by atoms with Gasteiger partial charge in [0.1, 0.15) is 4.90 Å². The number of aryl methyl sites for hydroxylation is 4. The van der Waals surface area contributed by atoms with Crippen molar-refractivity contribution < 1.29 is 8.42 Å². The Morgan fingerprint density at radius 2 is 1.65 bits per heavy atom. The van der Waals surface area contributed by atoms with E-state index in [0.717, 1.165) is 11.1 Å². The van der Waals surface area contributed by atoms with Gasteiger partial charge in [-0.05, 0) is 38.8 Å². The molecule has 0 saturated carbocycles. The minimum absolute atomic E-state index is 0.252. The summed E-state index contributed by atoms with van der Waals surface area (Å²) >= 11 is 0. The number of hydrogen-bond donors (Lipinski definition) is 1. The van der Waals surface area contributed by atoms with E-state index in [0.29, 0.717) is 17.1 Å². The van der Waals surface area contributed by atoms with Gasteiger partial charge in [0.05, 0.1) is 17.1 Å². The van der Waals surface area contributed by atoms with E-state index < -0.39 is 10.0 Å². The quantitative estimate of drug-likeness (QED) is 0.945. The molecule has 0 amide bonds. The molecule has 1 aromatic carbocycles. The number of rotatable bonds is 3. The Hall–Kier alpha value is -1.82. The van der Waals surface area contributed by atoms with E-state index in [1.54, 1.807) is 25.6 Å². The molecule has 5 nitrogen and oxygen atoms in total. The molecule has 0 aliphatic heterocycles. The summed E-state index contributed by atoms with van der Waals surface area (Å²) in [6, 6.07) is 5.67. The number of anilines is 1. The number of para-hydroxylation sites is 1. The van der Waals surface area contributed by atoms with Crippen molar-refractivity contribution in [3.63, 3.8) is 0 Å². The number of benzene rings is 1. The molecule has 0 saturated heterocycles. The van der Waals surface area contributed by atoms with Gasteiger partial charge in [0.2, 0.25) is 0 Å². The topological polar surface area (TPSA) is 64.0 Å². The lowest BCUT2D eigenvalue weighted by Gasteiger charge is -2.13. The molecule has 1 N–H and O–H groups in total. The lowest BCUT2D eigenvalue weighted by molar-refractivity contribution is 0.599. The molecule has 0 radical (unpaired) electrons. The van der Waals surface area contributed by atoms with Gasteiger partial charge in [-0.25, -0.2) is 8.42 Å². The molecular weight excluding hydrogens is 274 g/mol. The van der Waals surface area contributed by atoms with Crippen LogP contribution in [-0.2, 0) is 17.1 Å². The molecule has 0 bridgehead atoms. The maximum Gasteiger partial charge on any atom is 0.265 e. The summed E-state index contributed by atoms with van der Waals surface area (Å²) in [5, 5.41) is 4.16. The van der Waals surface area contributed by atoms with Crippen LogP contribution in [0.2, 0.25) is 0 Å². The van der Waals surface area contributed by atoms with Crippen LogP contribution < -0.4 is 4.72 Å². The second-order valence-corrected chi connectivity index (χ2v) is 6.62. The molecule has 2 aromatic rings. The minimum atomic E-state index is -3.63. The number of hydrogen-bond acceptors (Lipinski definition) is 3. The Bertz CT molecular complexity index is 741. The van der Waals surface area contributed by atoms with Crippen LogP contribution in [0.15, 0.2) is 23.1 Å². The molecule has 2 rings (SSSR count). The Morgan fingerprint density at radius 3 is 2.10 bits per heavy atom. The molecular formula is C14H19N3O2S. The van der Waals surface area contributed by atoms with Crippen LogP contribution in [0.25, 0.3) is 0 Å². The van der Waals surface area contributed by atoms with Gasteiger partial charge in [-0.1, -0.05) is 18.2 Å². The first-order valence-electron chi connectivity index (χ1n) is 6.33. The normalized spacial score (nSPS) is 11.7. The van der Waals surface area contributed by atoms with E-state index in [1.165, 1.54) is 0 Å². The Morgan fingerprint density at radius 1 is 1.10 bits per heavy atom. The smallest absolute Gasteiger partial charge is 0.265 e. The predicted molar refractivity (Wildman–Crippen MR) is 79.4 cm³/mol. The molecule has 0 aliphatic carbocycles. The fourth-order valence-electron chi connectivity index (χ4n) is 2.30. The summed E-state index contributed by atoms with van der Waals surface area (Å²) in [5.74, 6) is 0. The first-order chi connectivity index (χ1) is 9.24. The third kappa shape index (κ3) is 2.43. The highest BCUT2D eigenvalue weighted by molar-refractivity contribution is 7.92. The Labute approximate surface area is 119 Å². The van der Waals surface area contributed by atoms with Gasteiger partial charge in [-0.3, -0.25) is 9.40 Å². The van der Waals surface area contributed by atoms with Crippen molar-refractivity contribution in [1.29, 1.82) is 0 Å². The zero-order valence-corrected chi connectivity index (χ0v) is 13.2. The van der Waals surface area contributed by atoms with Crippen molar-refractivity contribution in [2.24, 2.45) is 7.05 Å². The van der Waals surface area contributed by atoms with Gasteiger partial charge < -0.3 is 0 Å². The largest absolute Gasteiger partial charge is 0.279 e. The molecule has 0 fully saturated rings. The molecule has 20 heavy (non-hydrogen) atoms. The van der Waals surface area contributed by atoms with Crippen molar-refractivity contribution in [2.75, 3.05) is 4.72 Å². The Kier molecular flexibility index (Phi) is 3.60. The molecule has 0 spiro atoms. The summed E-state index contributed by atoms with van der Waals surface area (Å²) in [6.45, 7) is 7.22. The van der Waals surface area contributed by atoms with Crippen LogP contribution >= 0.6 is 0 Å². The summed E-state index contributed by atoms with van der Waals surface area (Å²) in [7, 11) is -1.90. The highest BCUT2D eigenvalue weighted by Crippen LogP contribution is 2.26. The average molecular weight is 293 g/mol. The average Bonchev–Trinajstić information content (AvgIpc) is 2.59. The third-order valence-electron chi connectivity index (χ3n) is 3.43. The van der Waals surface area contributed by atoms with Gasteiger partial charge in [0.15, 0.2) is 0 Å². The fourth-order valence-corrected chi connectivity index (χ4v) is 3.95. The standard InChI is InChI=1S/C14H19N3O2S/c1-9-7-6-8-10(2)13(9)16-20(18,19)14-11(3)15-17(5)12(14)4/h6-8,16H,1-5H3. The first kappa shape index (κ1) is 14.6. The van der Waals surface area contributed by atoms with Crippen LogP contribution in [0.4, 0.5) is 5.69 Å². The van der Waals surface area contributed by atoms with E-state index in [1.807, 2.05) is 32.0 Å². The Balaban J connectivity index is 2.52. The van der Waals surface area contributed by atoms with E-state index in [2.05, 4.69) is 9.82 Å². The molecule has 1 heterocycles. The minimum Gasteiger partial charge on any atom is -0.279 e. The predicted octanol–water partition coefficient (Wildman–Crippen LogP) is 2.45. The van der Waals surface area contributed by atoms with E-state index in [9.17, 15) is 8.42 Å². The van der Waals surface area contributed by atoms with Gasteiger partial charge in [-0.15, -0.1) is 0 Å². The molecule has 108 valence electrons. The van der Waals surface area contributed by atoms with Gasteiger partial charge >= 0.3 is 0 Å². The van der Waals surface area contributed by atoms with Crippen LogP contribution in [-0.4, -0.2) is 18.2 Å². The van der Waals surface area contributed by atoms with Crippen molar-refractivity contribution in [1.82, 2.24) is 9.78 Å². The monoisotopic (exact) mass is 293 g/mol. The molecule has 0 aliphatic rings. The third-order valence-corrected chi connectivity index (χ3v) is 5.03. The van der Waals surface area contributed by atoms with Gasteiger partial charge in [0, 0.05) is 7.05 Å². The maximum absolute atomic E-state index is 12.6. The molecule has 6 heteroatoms. The number of nitrogens with one attached hydrogen (secondary N) is 1. The van der Waals surface area contributed by atoms with Crippen LogP contribution in [0.1, 0.15) is 22.5 Å². The SMILES string of the molecule is Cc1cccc(C)c1NS(=O)(=O)c1c(C)nn(C)c1C. The highest BCUT2D eigenvalue weighted by atomic mass is 32.2. The van der Waals surface area contributed by atoms with Crippen LogP contribution in [0.3, 0.4) is 0 Å². The number of aromatic nitrogens is 2. The lowest BCUT2D eigenvalue weighted by atomic mass is 10.1. The van der Waals surface area contributed by atoms with E-state index >= 15 is 0 Å². The summed E-state index contributed by atoms with van der Waals surface area (Å²) in [5.41, 5.74) is 3.56. The summed E-state index contributed by atoms with van der Waals surface area (Å²) < 4.78 is 29.5. The zero-order chi connectivity index (χ0) is 15.1. The van der Waals surface area contributed by atoms with E-state index in [-0.39, 0.29) is 4.90 Å². The van der Waals surface area contributed by atoms with Gasteiger partial charge in [-0.2, -0.15) is 5.10 Å². The van der Waals surface area contributed by atoms with Gasteiger partial charge in [0.25, 0.3) is 10.0 Å². The summed E-state index contributed by atoms with van der Waals surface area (Å²) in [4.78, 5) is 0.252. The first-order valence-corrected chi connectivity index (χ1v) is 7.81. The lowest BCUT2D eigenvalue weighted by Crippen LogP contribution is -2.16. The summed E-state index contributed by atoms with van der Waals surface area (Å²) in [6.07, 6.45) is 0. The second kappa shape index (κ2) is 4.94.